The maximum absolute atomic E-state index is 12.9. The minimum Gasteiger partial charge on any atom is -0.267 e. The summed E-state index contributed by atoms with van der Waals surface area (Å²) in [5, 5.41) is 10.9. The van der Waals surface area contributed by atoms with Crippen LogP contribution in [-0.2, 0) is 16.2 Å². The molecule has 2 aromatic rings. The average molecular weight is 388 g/mol. The molecule has 0 fully saturated rings. The van der Waals surface area contributed by atoms with Crippen LogP contribution < -0.4 is 4.31 Å². The van der Waals surface area contributed by atoms with E-state index in [0.717, 1.165) is 34.6 Å². The Morgan fingerprint density at radius 1 is 1.12 bits per heavy atom. The number of nitro benzene ring substituents is 1. The first-order valence-electron chi connectivity index (χ1n) is 7.43. The number of non-ortho nitro benzene ring substituents is 1. The van der Waals surface area contributed by atoms with Crippen LogP contribution >= 0.6 is 0 Å². The van der Waals surface area contributed by atoms with Crippen molar-refractivity contribution in [1.82, 2.24) is 0 Å². The number of nitrogens with zero attached hydrogens (tertiary/aromatic N) is 2. The number of hydrogen-bond acceptors (Lipinski definition) is 4. The first-order chi connectivity index (χ1) is 12.0. The van der Waals surface area contributed by atoms with Gasteiger partial charge in [-0.15, -0.1) is 0 Å². The minimum atomic E-state index is -4.54. The molecule has 0 N–H and O–H groups in total. The monoisotopic (exact) mass is 388 g/mol. The van der Waals surface area contributed by atoms with Crippen LogP contribution in [0.15, 0.2) is 47.4 Å². The van der Waals surface area contributed by atoms with E-state index in [-0.39, 0.29) is 17.1 Å². The summed E-state index contributed by atoms with van der Waals surface area (Å²) in [6.45, 7) is 2.94. The Labute approximate surface area is 148 Å². The fourth-order valence-corrected chi connectivity index (χ4v) is 4.13. The molecule has 0 saturated heterocycles. The van der Waals surface area contributed by atoms with Crippen LogP contribution in [0.25, 0.3) is 0 Å². The van der Waals surface area contributed by atoms with Gasteiger partial charge in [-0.05, 0) is 43.7 Å². The van der Waals surface area contributed by atoms with Gasteiger partial charge in [0.1, 0.15) is 0 Å². The topological polar surface area (TPSA) is 80.5 Å². The van der Waals surface area contributed by atoms with Gasteiger partial charge in [-0.2, -0.15) is 13.2 Å². The van der Waals surface area contributed by atoms with Gasteiger partial charge in [0.25, 0.3) is 15.7 Å². The predicted octanol–water partition coefficient (Wildman–Crippen LogP) is 4.14. The van der Waals surface area contributed by atoms with Crippen molar-refractivity contribution in [2.24, 2.45) is 0 Å². The van der Waals surface area contributed by atoms with Crippen molar-refractivity contribution >= 4 is 21.4 Å². The fourth-order valence-electron chi connectivity index (χ4n) is 2.41. The maximum Gasteiger partial charge on any atom is 0.416 e. The van der Waals surface area contributed by atoms with Gasteiger partial charge in [0, 0.05) is 18.7 Å². The van der Waals surface area contributed by atoms with E-state index in [0.29, 0.717) is 5.56 Å². The number of anilines is 1. The molecule has 0 aliphatic carbocycles. The highest BCUT2D eigenvalue weighted by molar-refractivity contribution is 7.92. The Balaban J connectivity index is 2.52. The Morgan fingerprint density at radius 3 is 2.15 bits per heavy atom. The summed E-state index contributed by atoms with van der Waals surface area (Å²) in [6, 6.07) is 7.11. The number of benzene rings is 2. The van der Waals surface area contributed by atoms with Crippen molar-refractivity contribution in [3.05, 3.63) is 63.7 Å². The van der Waals surface area contributed by atoms with Gasteiger partial charge < -0.3 is 0 Å². The van der Waals surface area contributed by atoms with Crippen LogP contribution in [0.1, 0.15) is 18.1 Å². The lowest BCUT2D eigenvalue weighted by molar-refractivity contribution is -0.385. The summed E-state index contributed by atoms with van der Waals surface area (Å²) in [7, 11) is -4.19. The van der Waals surface area contributed by atoms with E-state index in [2.05, 4.69) is 0 Å². The summed E-state index contributed by atoms with van der Waals surface area (Å²) >= 11 is 0. The normalized spacial score (nSPS) is 12.0. The van der Waals surface area contributed by atoms with Crippen LogP contribution in [0.4, 0.5) is 24.5 Å². The third kappa shape index (κ3) is 3.79. The second-order valence-corrected chi connectivity index (χ2v) is 7.25. The number of nitro groups is 1. The molecule has 2 rings (SSSR count). The molecule has 140 valence electrons. The number of hydrogen-bond donors (Lipinski definition) is 0. The van der Waals surface area contributed by atoms with Crippen LogP contribution in [0.3, 0.4) is 0 Å². The molecule has 6 nitrogen and oxygen atoms in total. The molecule has 0 unspecified atom stereocenters. The van der Waals surface area contributed by atoms with E-state index in [1.54, 1.807) is 0 Å². The van der Waals surface area contributed by atoms with Gasteiger partial charge in [-0.3, -0.25) is 14.4 Å². The first kappa shape index (κ1) is 19.7. The summed E-state index contributed by atoms with van der Waals surface area (Å²) in [4.78, 5) is 9.94. The molecule has 0 atom stereocenters. The van der Waals surface area contributed by atoms with E-state index in [1.165, 1.54) is 26.0 Å². The molecule has 26 heavy (non-hydrogen) atoms. The number of aryl methyl sites for hydroxylation is 1. The maximum atomic E-state index is 12.9. The lowest BCUT2D eigenvalue weighted by Gasteiger charge is -2.24. The van der Waals surface area contributed by atoms with Gasteiger partial charge in [-0.25, -0.2) is 8.42 Å². The lowest BCUT2D eigenvalue weighted by atomic mass is 10.2. The molecule has 0 aromatic heterocycles. The molecule has 0 heterocycles. The second kappa shape index (κ2) is 6.94. The number of alkyl halides is 3. The standard InChI is InChI=1S/C16H15F3N2O4S/c1-3-20(13-8-5-12(6-9-13)16(17,18)19)26(24,25)15-10-14(21(22)23)7-4-11(15)2/h4-10H,3H2,1-2H3. The third-order valence-electron chi connectivity index (χ3n) is 3.72. The van der Waals surface area contributed by atoms with Crippen molar-refractivity contribution < 1.29 is 26.5 Å². The van der Waals surface area contributed by atoms with Crippen molar-refractivity contribution in [3.63, 3.8) is 0 Å². The first-order valence-corrected chi connectivity index (χ1v) is 8.87. The van der Waals surface area contributed by atoms with Crippen molar-refractivity contribution in [2.45, 2.75) is 24.9 Å². The lowest BCUT2D eigenvalue weighted by Crippen LogP contribution is -2.31. The van der Waals surface area contributed by atoms with Gasteiger partial charge >= 0.3 is 6.18 Å². The van der Waals surface area contributed by atoms with Crippen molar-refractivity contribution in [2.75, 3.05) is 10.8 Å². The van der Waals surface area contributed by atoms with Gasteiger partial charge in [0.2, 0.25) is 0 Å². The van der Waals surface area contributed by atoms with Crippen LogP contribution in [0.2, 0.25) is 0 Å². The Kier molecular flexibility index (Phi) is 5.26. The number of sulfonamides is 1. The minimum absolute atomic E-state index is 0.0337. The molecular formula is C16H15F3N2O4S. The van der Waals surface area contributed by atoms with Gasteiger partial charge in [-0.1, -0.05) is 6.07 Å². The zero-order chi connectivity index (χ0) is 19.7. The third-order valence-corrected chi connectivity index (χ3v) is 5.77. The number of halogens is 3. The summed E-state index contributed by atoms with van der Waals surface area (Å²) in [6.07, 6.45) is -4.54. The Hall–Kier alpha value is -2.62. The van der Waals surface area contributed by atoms with Crippen molar-refractivity contribution in [3.8, 4) is 0 Å². The molecule has 2 aromatic carbocycles. The molecule has 0 bridgehead atoms. The second-order valence-electron chi connectivity index (χ2n) is 5.42. The quantitative estimate of drug-likeness (QED) is 0.570. The molecule has 0 radical (unpaired) electrons. The highest BCUT2D eigenvalue weighted by atomic mass is 32.2. The predicted molar refractivity (Wildman–Crippen MR) is 89.5 cm³/mol. The van der Waals surface area contributed by atoms with E-state index in [9.17, 15) is 31.7 Å². The molecule has 10 heteroatoms. The Morgan fingerprint density at radius 2 is 1.69 bits per heavy atom. The van der Waals surface area contributed by atoms with Crippen molar-refractivity contribution in [1.29, 1.82) is 0 Å². The number of rotatable bonds is 5. The smallest absolute Gasteiger partial charge is 0.267 e. The van der Waals surface area contributed by atoms with Crippen LogP contribution in [-0.4, -0.2) is 19.9 Å². The highest BCUT2D eigenvalue weighted by Crippen LogP contribution is 2.32. The summed E-state index contributed by atoms with van der Waals surface area (Å²) < 4.78 is 64.8. The highest BCUT2D eigenvalue weighted by Gasteiger charge is 2.31. The van der Waals surface area contributed by atoms with Gasteiger partial charge in [0.15, 0.2) is 0 Å². The van der Waals surface area contributed by atoms with E-state index >= 15 is 0 Å². The molecule has 0 aliphatic rings. The summed E-state index contributed by atoms with van der Waals surface area (Å²) in [5.41, 5.74) is -0.966. The Bertz CT molecular complexity index is 926. The molecule has 0 aliphatic heterocycles. The zero-order valence-corrected chi connectivity index (χ0v) is 14.6. The molecule has 0 saturated carbocycles. The molecular weight excluding hydrogens is 373 g/mol. The summed E-state index contributed by atoms with van der Waals surface area (Å²) in [5.74, 6) is 0. The molecule has 0 spiro atoms. The largest absolute Gasteiger partial charge is 0.416 e. The van der Waals surface area contributed by atoms with E-state index in [1.807, 2.05) is 0 Å². The zero-order valence-electron chi connectivity index (χ0n) is 13.8. The SMILES string of the molecule is CCN(c1ccc(C(F)(F)F)cc1)S(=O)(=O)c1cc([N+](=O)[O-])ccc1C. The van der Waals surface area contributed by atoms with Crippen LogP contribution in [0.5, 0.6) is 0 Å². The van der Waals surface area contributed by atoms with E-state index < -0.39 is 32.4 Å². The van der Waals surface area contributed by atoms with Crippen LogP contribution in [0, 0.1) is 17.0 Å². The van der Waals surface area contributed by atoms with Gasteiger partial charge in [0.05, 0.1) is 21.1 Å². The average Bonchev–Trinajstić information content (AvgIpc) is 2.55. The van der Waals surface area contributed by atoms with E-state index in [4.69, 9.17) is 0 Å². The fraction of sp³-hybridized carbons (Fsp3) is 0.250. The molecule has 0 amide bonds.